The van der Waals surface area contributed by atoms with E-state index in [2.05, 4.69) is 5.32 Å². The predicted octanol–water partition coefficient (Wildman–Crippen LogP) is 5.80. The van der Waals surface area contributed by atoms with Crippen LogP contribution in [0.4, 0.5) is 14.5 Å². The highest BCUT2D eigenvalue weighted by Gasteiger charge is 2.17. The van der Waals surface area contributed by atoms with Gasteiger partial charge in [-0.3, -0.25) is 4.79 Å². The van der Waals surface area contributed by atoms with Gasteiger partial charge >= 0.3 is 0 Å². The van der Waals surface area contributed by atoms with Crippen LogP contribution in [-0.4, -0.2) is 5.91 Å². The summed E-state index contributed by atoms with van der Waals surface area (Å²) in [7, 11) is 0. The van der Waals surface area contributed by atoms with E-state index >= 15 is 0 Å². The fourth-order valence-corrected chi connectivity index (χ4v) is 2.63. The first kappa shape index (κ1) is 17.8. The molecule has 3 aromatic rings. The maximum Gasteiger partial charge on any atom is 0.256 e. The average molecular weight is 370 g/mol. The lowest BCUT2D eigenvalue weighted by atomic mass is 10.0. The lowest BCUT2D eigenvalue weighted by molar-refractivity contribution is -0.111. The van der Waals surface area contributed by atoms with Crippen LogP contribution in [-0.2, 0) is 4.79 Å². The molecule has 0 aromatic heterocycles. The van der Waals surface area contributed by atoms with Crippen LogP contribution in [0.5, 0.6) is 0 Å². The fraction of sp³-hybridized carbons (Fsp3) is 0. The summed E-state index contributed by atoms with van der Waals surface area (Å²) >= 11 is 6.17. The van der Waals surface area contributed by atoms with Crippen LogP contribution in [0.2, 0.25) is 5.02 Å². The molecule has 0 fully saturated rings. The summed E-state index contributed by atoms with van der Waals surface area (Å²) in [4.78, 5) is 12.8. The Labute approximate surface area is 154 Å². The van der Waals surface area contributed by atoms with Gasteiger partial charge in [0, 0.05) is 10.6 Å². The van der Waals surface area contributed by atoms with Crippen molar-refractivity contribution in [1.29, 1.82) is 0 Å². The van der Waals surface area contributed by atoms with E-state index in [-0.39, 0.29) is 5.57 Å². The summed E-state index contributed by atoms with van der Waals surface area (Å²) in [6.45, 7) is 0. The third-order valence-electron chi connectivity index (χ3n) is 3.74. The van der Waals surface area contributed by atoms with E-state index in [0.29, 0.717) is 16.1 Å². The van der Waals surface area contributed by atoms with Crippen LogP contribution in [0.3, 0.4) is 0 Å². The second-order valence-electron chi connectivity index (χ2n) is 5.50. The maximum atomic E-state index is 13.9. The molecule has 0 saturated heterocycles. The molecule has 0 aliphatic rings. The van der Waals surface area contributed by atoms with Crippen LogP contribution < -0.4 is 5.32 Å². The minimum atomic E-state index is -0.844. The molecule has 1 amide bonds. The zero-order valence-corrected chi connectivity index (χ0v) is 14.3. The minimum absolute atomic E-state index is 0.237. The van der Waals surface area contributed by atoms with Crippen molar-refractivity contribution in [1.82, 2.24) is 0 Å². The van der Waals surface area contributed by atoms with Gasteiger partial charge in [-0.05, 0) is 35.4 Å². The first-order valence-electron chi connectivity index (χ1n) is 7.83. The highest BCUT2D eigenvalue weighted by molar-refractivity contribution is 6.34. The average Bonchev–Trinajstić information content (AvgIpc) is 2.65. The van der Waals surface area contributed by atoms with E-state index in [1.165, 1.54) is 6.07 Å². The molecule has 2 nitrogen and oxygen atoms in total. The molecule has 0 bridgehead atoms. The summed E-state index contributed by atoms with van der Waals surface area (Å²) in [6, 6.07) is 19.2. The Kier molecular flexibility index (Phi) is 5.44. The van der Waals surface area contributed by atoms with Gasteiger partial charge in [-0.25, -0.2) is 8.78 Å². The molecule has 0 spiro atoms. The van der Waals surface area contributed by atoms with Gasteiger partial charge in [-0.15, -0.1) is 0 Å². The quantitative estimate of drug-likeness (QED) is 0.457. The number of hydrogen-bond acceptors (Lipinski definition) is 1. The van der Waals surface area contributed by atoms with Crippen molar-refractivity contribution in [3.05, 3.63) is 101 Å². The Morgan fingerprint density at radius 1 is 0.846 bits per heavy atom. The van der Waals surface area contributed by atoms with Gasteiger partial charge in [0.15, 0.2) is 0 Å². The SMILES string of the molecule is O=C(Nc1c(F)cccc1F)/C(=C/c1ccccc1Cl)c1ccccc1. The number of para-hydroxylation sites is 1. The topological polar surface area (TPSA) is 29.1 Å². The molecule has 0 heterocycles. The number of rotatable bonds is 4. The molecule has 0 atom stereocenters. The molecule has 0 unspecified atom stereocenters. The number of benzene rings is 3. The van der Waals surface area contributed by atoms with Crippen molar-refractivity contribution in [2.45, 2.75) is 0 Å². The van der Waals surface area contributed by atoms with Crippen LogP contribution in [0.15, 0.2) is 72.8 Å². The minimum Gasteiger partial charge on any atom is -0.317 e. The molecule has 0 radical (unpaired) electrons. The molecule has 0 aliphatic carbocycles. The number of amides is 1. The lowest BCUT2D eigenvalue weighted by Crippen LogP contribution is -2.15. The smallest absolute Gasteiger partial charge is 0.256 e. The molecule has 3 aromatic carbocycles. The summed E-state index contributed by atoms with van der Waals surface area (Å²) in [5.74, 6) is -2.33. The second-order valence-corrected chi connectivity index (χ2v) is 5.90. The van der Waals surface area contributed by atoms with Crippen LogP contribution in [0.25, 0.3) is 11.6 Å². The predicted molar refractivity (Wildman–Crippen MR) is 101 cm³/mol. The molecular weight excluding hydrogens is 356 g/mol. The number of carbonyl (C=O) groups is 1. The summed E-state index contributed by atoms with van der Waals surface area (Å²) < 4.78 is 27.7. The highest BCUT2D eigenvalue weighted by atomic mass is 35.5. The van der Waals surface area contributed by atoms with Crippen LogP contribution in [0.1, 0.15) is 11.1 Å². The van der Waals surface area contributed by atoms with E-state index in [1.54, 1.807) is 54.6 Å². The zero-order valence-electron chi connectivity index (χ0n) is 13.5. The van der Waals surface area contributed by atoms with Gasteiger partial charge in [0.2, 0.25) is 0 Å². The van der Waals surface area contributed by atoms with Gasteiger partial charge in [-0.1, -0.05) is 66.2 Å². The fourth-order valence-electron chi connectivity index (χ4n) is 2.44. The van der Waals surface area contributed by atoms with E-state index in [4.69, 9.17) is 11.6 Å². The Balaban J connectivity index is 2.04. The number of carbonyl (C=O) groups excluding carboxylic acids is 1. The van der Waals surface area contributed by atoms with Crippen molar-refractivity contribution in [3.63, 3.8) is 0 Å². The molecule has 5 heteroatoms. The van der Waals surface area contributed by atoms with Crippen LogP contribution in [0, 0.1) is 11.6 Å². The summed E-state index contributed by atoms with van der Waals surface area (Å²) in [5.41, 5.74) is 0.971. The molecule has 130 valence electrons. The van der Waals surface area contributed by atoms with E-state index in [9.17, 15) is 13.6 Å². The van der Waals surface area contributed by atoms with Crippen LogP contribution >= 0.6 is 11.6 Å². The summed E-state index contributed by atoms with van der Waals surface area (Å²) in [6.07, 6.45) is 1.59. The Bertz CT molecular complexity index is 951. The normalized spacial score (nSPS) is 11.3. The Morgan fingerprint density at radius 3 is 2.12 bits per heavy atom. The van der Waals surface area contributed by atoms with Gasteiger partial charge < -0.3 is 5.32 Å². The molecule has 1 N–H and O–H groups in total. The third-order valence-corrected chi connectivity index (χ3v) is 4.08. The Hall–Kier alpha value is -2.98. The standard InChI is InChI=1S/C21H14ClF2NO/c22-17-10-5-4-9-15(17)13-16(14-7-2-1-3-8-14)21(26)25-20-18(23)11-6-12-19(20)24/h1-13H,(H,25,26)/b16-13+. The second kappa shape index (κ2) is 7.93. The number of halogens is 3. The highest BCUT2D eigenvalue weighted by Crippen LogP contribution is 2.26. The number of hydrogen-bond donors (Lipinski definition) is 1. The van der Waals surface area contributed by atoms with Crippen molar-refractivity contribution >= 4 is 34.8 Å². The first-order valence-corrected chi connectivity index (χ1v) is 8.21. The monoisotopic (exact) mass is 369 g/mol. The molecule has 0 saturated carbocycles. The largest absolute Gasteiger partial charge is 0.317 e. The first-order chi connectivity index (χ1) is 12.6. The third kappa shape index (κ3) is 3.98. The molecule has 3 rings (SSSR count). The summed E-state index contributed by atoms with van der Waals surface area (Å²) in [5, 5.41) is 2.78. The van der Waals surface area contributed by atoms with Crippen molar-refractivity contribution in [2.24, 2.45) is 0 Å². The van der Waals surface area contributed by atoms with Crippen molar-refractivity contribution in [2.75, 3.05) is 5.32 Å². The Morgan fingerprint density at radius 2 is 1.46 bits per heavy atom. The van der Waals surface area contributed by atoms with E-state index in [1.807, 2.05) is 6.07 Å². The van der Waals surface area contributed by atoms with E-state index in [0.717, 1.165) is 12.1 Å². The van der Waals surface area contributed by atoms with Crippen molar-refractivity contribution in [3.8, 4) is 0 Å². The molecule has 0 aliphatic heterocycles. The molecule has 26 heavy (non-hydrogen) atoms. The molecular formula is C21H14ClF2NO. The van der Waals surface area contributed by atoms with Gasteiger partial charge in [0.1, 0.15) is 17.3 Å². The maximum absolute atomic E-state index is 13.9. The van der Waals surface area contributed by atoms with Gasteiger partial charge in [0.05, 0.1) is 0 Å². The van der Waals surface area contributed by atoms with Crippen molar-refractivity contribution < 1.29 is 13.6 Å². The number of nitrogens with one attached hydrogen (secondary N) is 1. The zero-order chi connectivity index (χ0) is 18.5. The number of anilines is 1. The lowest BCUT2D eigenvalue weighted by Gasteiger charge is -2.11. The van der Waals surface area contributed by atoms with Gasteiger partial charge in [-0.2, -0.15) is 0 Å². The van der Waals surface area contributed by atoms with E-state index < -0.39 is 23.2 Å². The van der Waals surface area contributed by atoms with Gasteiger partial charge in [0.25, 0.3) is 5.91 Å².